The van der Waals surface area contributed by atoms with Gasteiger partial charge in [0.25, 0.3) is 0 Å². The first-order chi connectivity index (χ1) is 31.3. The zero-order valence-electron chi connectivity index (χ0n) is 36.0. The van der Waals surface area contributed by atoms with E-state index in [1.807, 2.05) is 0 Å². The van der Waals surface area contributed by atoms with E-state index in [1.165, 1.54) is 14.2 Å². The number of aliphatic hydroxyl groups excluding tert-OH is 16. The highest BCUT2D eigenvalue weighted by Gasteiger charge is 2.55. The normalized spacial score (nSPS) is 52.9. The standard InChI is InChI=1S/C38H66O28/c1-10-4-11(17(41)24(48)31(10)65-38-29(53)25(49)32(13(6-40)62-38)66-37-26(50)19(43)14(55-2)7-57-37)60-33-21(45)16(63-34(56-3)30(33)54)9-59-36-28(52)23(47)20(44)15(64-36)8-58-35-27(51)22(46)18(42)12(5-39)61-35/h10-54H,4-9H2,1-3H3/t10?,11-,12?,13?,14-,15?,16?,17?,18-,19?,20-,21-,22+,23+,24-,25-,26?,27?,28?,29?,30?,31+,32-,33+,34-,35-,36+,37+,38+/m1/s1. The molecule has 0 bridgehead atoms. The van der Waals surface area contributed by atoms with E-state index in [2.05, 4.69) is 0 Å². The van der Waals surface area contributed by atoms with Crippen molar-refractivity contribution in [3.05, 3.63) is 0 Å². The lowest BCUT2D eigenvalue weighted by Gasteiger charge is -2.49. The minimum Gasteiger partial charge on any atom is -0.394 e. The minimum absolute atomic E-state index is 0.115. The predicted octanol–water partition coefficient (Wildman–Crippen LogP) is -10.5. The quantitative estimate of drug-likeness (QED) is 0.0683. The lowest BCUT2D eigenvalue weighted by atomic mass is 9.81. The summed E-state index contributed by atoms with van der Waals surface area (Å²) in [7, 11) is 2.46. The monoisotopic (exact) mass is 970 g/mol. The highest BCUT2D eigenvalue weighted by molar-refractivity contribution is 4.99. The molecule has 6 fully saturated rings. The van der Waals surface area contributed by atoms with Crippen LogP contribution in [0.25, 0.3) is 0 Å². The van der Waals surface area contributed by atoms with Crippen LogP contribution in [0.2, 0.25) is 0 Å². The lowest BCUT2D eigenvalue weighted by molar-refractivity contribution is -0.363. The van der Waals surface area contributed by atoms with Crippen molar-refractivity contribution in [1.29, 1.82) is 0 Å². The minimum atomic E-state index is -1.90. The average Bonchev–Trinajstić information content (AvgIpc) is 3.30. The maximum absolute atomic E-state index is 11.4. The van der Waals surface area contributed by atoms with Crippen molar-refractivity contribution >= 4 is 0 Å². The van der Waals surface area contributed by atoms with Gasteiger partial charge in [-0.25, -0.2) is 0 Å². The third kappa shape index (κ3) is 11.3. The molecular weight excluding hydrogens is 904 g/mol. The van der Waals surface area contributed by atoms with E-state index in [-0.39, 0.29) is 13.0 Å². The Labute approximate surface area is 376 Å². The third-order valence-electron chi connectivity index (χ3n) is 12.9. The van der Waals surface area contributed by atoms with Gasteiger partial charge in [0.05, 0.1) is 45.2 Å². The molecule has 29 atom stereocenters. The molecule has 16 N–H and O–H groups in total. The lowest BCUT2D eigenvalue weighted by Crippen LogP contribution is -2.65. The zero-order chi connectivity index (χ0) is 48.5. The van der Waals surface area contributed by atoms with Crippen molar-refractivity contribution in [2.24, 2.45) is 5.92 Å². The van der Waals surface area contributed by atoms with Gasteiger partial charge in [0.2, 0.25) is 0 Å². The molecule has 6 aliphatic rings. The Morgan fingerprint density at radius 2 is 0.864 bits per heavy atom. The van der Waals surface area contributed by atoms with Crippen molar-refractivity contribution in [2.75, 3.05) is 47.3 Å². The molecule has 0 amide bonds. The Morgan fingerprint density at radius 1 is 0.394 bits per heavy atom. The fourth-order valence-corrected chi connectivity index (χ4v) is 8.85. The molecule has 28 nitrogen and oxygen atoms in total. The summed E-state index contributed by atoms with van der Waals surface area (Å²) in [6.45, 7) is -1.46. The van der Waals surface area contributed by atoms with Gasteiger partial charge in [-0.05, 0) is 12.3 Å². The Morgan fingerprint density at radius 3 is 1.44 bits per heavy atom. The Kier molecular flexibility index (Phi) is 19.2. The van der Waals surface area contributed by atoms with E-state index >= 15 is 0 Å². The zero-order valence-corrected chi connectivity index (χ0v) is 36.0. The van der Waals surface area contributed by atoms with E-state index in [0.717, 1.165) is 0 Å². The molecule has 66 heavy (non-hydrogen) atoms. The summed E-state index contributed by atoms with van der Waals surface area (Å²) in [5.74, 6) is -0.736. The molecule has 5 heterocycles. The second-order valence-corrected chi connectivity index (χ2v) is 17.3. The summed E-state index contributed by atoms with van der Waals surface area (Å²) < 4.78 is 66.6. The summed E-state index contributed by atoms with van der Waals surface area (Å²) in [5.41, 5.74) is 0. The van der Waals surface area contributed by atoms with Crippen molar-refractivity contribution in [3.63, 3.8) is 0 Å². The van der Waals surface area contributed by atoms with Crippen LogP contribution < -0.4 is 0 Å². The van der Waals surface area contributed by atoms with Crippen LogP contribution in [0.1, 0.15) is 13.3 Å². The van der Waals surface area contributed by atoms with E-state index in [4.69, 9.17) is 56.8 Å². The highest BCUT2D eigenvalue weighted by Crippen LogP contribution is 2.37. The Hall–Kier alpha value is -1.12. The molecule has 0 aromatic heterocycles. The van der Waals surface area contributed by atoms with Crippen molar-refractivity contribution in [3.8, 4) is 0 Å². The van der Waals surface area contributed by atoms with Crippen molar-refractivity contribution in [1.82, 2.24) is 0 Å². The average molecular weight is 971 g/mol. The van der Waals surface area contributed by atoms with Crippen LogP contribution >= 0.6 is 0 Å². The smallest absolute Gasteiger partial charge is 0.187 e. The van der Waals surface area contributed by atoms with Crippen LogP contribution in [-0.2, 0) is 56.8 Å². The SMILES string of the molecule is CO[C@@H]1OC(CO[C@H]2OC(CO[C@@H]3OC(CO)[C@@H](O)[C@H](O)C3O)[C@@H](O)[C@H](O)C2O)[C@@H](O)[C@H](O[C@@H]2CC(C)[C@H](O[C@@H]3OC(CO)[C@@H](O[C@@H]4OC[C@@H](OC)C(O)C4O)[C@H](O)C3O)[C@H](O)C2O)C1O. The van der Waals surface area contributed by atoms with Gasteiger partial charge in [-0.15, -0.1) is 0 Å². The molecule has 386 valence electrons. The number of ether oxygens (including phenoxy) is 12. The number of rotatable bonds is 16. The second kappa shape index (κ2) is 23.4. The topological polar surface area (TPSA) is 434 Å². The van der Waals surface area contributed by atoms with Gasteiger partial charge in [-0.1, -0.05) is 6.92 Å². The summed E-state index contributed by atoms with van der Waals surface area (Å²) in [6, 6.07) is 0. The first-order valence-electron chi connectivity index (χ1n) is 21.5. The summed E-state index contributed by atoms with van der Waals surface area (Å²) in [6.07, 6.45) is -45.2. The van der Waals surface area contributed by atoms with Crippen molar-refractivity contribution < 1.29 is 139 Å². The van der Waals surface area contributed by atoms with Gasteiger partial charge in [0.15, 0.2) is 31.5 Å². The van der Waals surface area contributed by atoms with Gasteiger partial charge in [-0.3, -0.25) is 0 Å². The molecule has 0 aromatic carbocycles. The Balaban J connectivity index is 1.04. The van der Waals surface area contributed by atoms with Gasteiger partial charge < -0.3 is 139 Å². The van der Waals surface area contributed by atoms with E-state index in [0.29, 0.717) is 0 Å². The second-order valence-electron chi connectivity index (χ2n) is 17.3. The molecule has 5 aliphatic heterocycles. The summed E-state index contributed by atoms with van der Waals surface area (Å²) in [4.78, 5) is 0. The molecule has 12 unspecified atom stereocenters. The predicted molar refractivity (Wildman–Crippen MR) is 205 cm³/mol. The first-order valence-corrected chi connectivity index (χ1v) is 21.5. The van der Waals surface area contributed by atoms with Gasteiger partial charge in [0, 0.05) is 14.2 Å². The van der Waals surface area contributed by atoms with Crippen LogP contribution in [0.3, 0.4) is 0 Å². The van der Waals surface area contributed by atoms with Crippen LogP contribution in [-0.4, -0.2) is 301 Å². The van der Waals surface area contributed by atoms with Gasteiger partial charge in [0.1, 0.15) is 128 Å². The van der Waals surface area contributed by atoms with Crippen LogP contribution in [0.15, 0.2) is 0 Å². The number of hydrogen-bond acceptors (Lipinski definition) is 28. The first kappa shape index (κ1) is 54.2. The summed E-state index contributed by atoms with van der Waals surface area (Å²) >= 11 is 0. The highest BCUT2D eigenvalue weighted by atomic mass is 16.8. The van der Waals surface area contributed by atoms with E-state index in [9.17, 15) is 81.7 Å². The van der Waals surface area contributed by atoms with Crippen LogP contribution in [0.4, 0.5) is 0 Å². The van der Waals surface area contributed by atoms with Crippen LogP contribution in [0.5, 0.6) is 0 Å². The third-order valence-corrected chi connectivity index (χ3v) is 12.9. The molecule has 28 heteroatoms. The van der Waals surface area contributed by atoms with Gasteiger partial charge in [-0.2, -0.15) is 0 Å². The number of aliphatic hydroxyl groups is 16. The van der Waals surface area contributed by atoms with Crippen molar-refractivity contribution in [2.45, 2.75) is 185 Å². The van der Waals surface area contributed by atoms with Crippen LogP contribution in [0, 0.1) is 5.92 Å². The van der Waals surface area contributed by atoms with Gasteiger partial charge >= 0.3 is 0 Å². The van der Waals surface area contributed by atoms with E-state index in [1.54, 1.807) is 6.92 Å². The van der Waals surface area contributed by atoms with E-state index < -0.39 is 204 Å². The molecule has 0 radical (unpaired) electrons. The number of methoxy groups -OCH3 is 2. The molecule has 1 saturated carbocycles. The fourth-order valence-electron chi connectivity index (χ4n) is 8.85. The molecule has 0 spiro atoms. The molecule has 1 aliphatic carbocycles. The Bertz CT molecular complexity index is 1470. The molecule has 6 rings (SSSR count). The maximum Gasteiger partial charge on any atom is 0.187 e. The number of hydrogen-bond donors (Lipinski definition) is 16. The largest absolute Gasteiger partial charge is 0.394 e. The summed E-state index contributed by atoms with van der Waals surface area (Å²) in [5, 5.41) is 170. The molecular formula is C38H66O28. The maximum atomic E-state index is 11.4. The molecule has 0 aromatic rings. The molecule has 5 saturated heterocycles. The fraction of sp³-hybridized carbons (Fsp3) is 1.00.